The number of aryl methyl sites for hydroxylation is 2. The third kappa shape index (κ3) is 2.08. The Labute approximate surface area is 120 Å². The molecule has 0 radical (unpaired) electrons. The summed E-state index contributed by atoms with van der Waals surface area (Å²) in [6, 6.07) is 5.70. The number of hydrogen-bond acceptors (Lipinski definition) is 6. The first-order valence-corrected chi connectivity index (χ1v) is 7.01. The molecular formula is C14H14N4OS. The molecule has 102 valence electrons. The van der Waals surface area contributed by atoms with Crippen molar-refractivity contribution >= 4 is 16.3 Å². The minimum atomic E-state index is 0.447. The summed E-state index contributed by atoms with van der Waals surface area (Å²) < 4.78 is 5.35. The Kier molecular flexibility index (Phi) is 3.02. The van der Waals surface area contributed by atoms with Crippen LogP contribution in [0.4, 0.5) is 5.00 Å². The number of nitrogens with two attached hydrogens (primary N) is 1. The maximum absolute atomic E-state index is 6.02. The molecule has 0 fully saturated rings. The van der Waals surface area contributed by atoms with Gasteiger partial charge < -0.3 is 10.3 Å². The SMILES string of the molecule is Cc1cccc(-c2noc(-c3c(N)sc(C)c3C)n2)n1. The quantitative estimate of drug-likeness (QED) is 0.781. The van der Waals surface area contributed by atoms with Crippen LogP contribution in [0.2, 0.25) is 0 Å². The van der Waals surface area contributed by atoms with Crippen LogP contribution in [-0.2, 0) is 0 Å². The van der Waals surface area contributed by atoms with E-state index in [9.17, 15) is 0 Å². The van der Waals surface area contributed by atoms with Gasteiger partial charge in [-0.3, -0.25) is 0 Å². The first kappa shape index (κ1) is 12.8. The van der Waals surface area contributed by atoms with E-state index in [4.69, 9.17) is 10.3 Å². The van der Waals surface area contributed by atoms with Gasteiger partial charge in [-0.05, 0) is 38.5 Å². The highest BCUT2D eigenvalue weighted by molar-refractivity contribution is 7.16. The van der Waals surface area contributed by atoms with E-state index in [-0.39, 0.29) is 0 Å². The highest BCUT2D eigenvalue weighted by Crippen LogP contribution is 2.37. The minimum absolute atomic E-state index is 0.447. The van der Waals surface area contributed by atoms with Gasteiger partial charge in [-0.25, -0.2) is 4.98 Å². The van der Waals surface area contributed by atoms with Crippen LogP contribution in [0, 0.1) is 20.8 Å². The maximum Gasteiger partial charge on any atom is 0.261 e. The third-order valence-electron chi connectivity index (χ3n) is 3.17. The molecule has 0 spiro atoms. The zero-order valence-electron chi connectivity index (χ0n) is 11.5. The summed E-state index contributed by atoms with van der Waals surface area (Å²) in [5.41, 5.74) is 9.55. The van der Waals surface area contributed by atoms with Crippen molar-refractivity contribution in [2.24, 2.45) is 0 Å². The number of aromatic nitrogens is 3. The van der Waals surface area contributed by atoms with E-state index in [0.29, 0.717) is 22.4 Å². The summed E-state index contributed by atoms with van der Waals surface area (Å²) in [6.07, 6.45) is 0. The molecular weight excluding hydrogens is 272 g/mol. The van der Waals surface area contributed by atoms with Crippen molar-refractivity contribution in [2.75, 3.05) is 5.73 Å². The first-order chi connectivity index (χ1) is 9.56. The molecule has 3 heterocycles. The first-order valence-electron chi connectivity index (χ1n) is 6.20. The zero-order chi connectivity index (χ0) is 14.3. The van der Waals surface area contributed by atoms with Gasteiger partial charge in [0.05, 0.1) is 10.6 Å². The van der Waals surface area contributed by atoms with Gasteiger partial charge in [-0.2, -0.15) is 4.98 Å². The van der Waals surface area contributed by atoms with Crippen molar-refractivity contribution in [2.45, 2.75) is 20.8 Å². The molecule has 0 aromatic carbocycles. The lowest BCUT2D eigenvalue weighted by molar-refractivity contribution is 0.432. The predicted molar refractivity (Wildman–Crippen MR) is 79.5 cm³/mol. The Morgan fingerprint density at radius 3 is 2.60 bits per heavy atom. The molecule has 0 aliphatic heterocycles. The van der Waals surface area contributed by atoms with Gasteiger partial charge >= 0.3 is 0 Å². The number of anilines is 1. The largest absolute Gasteiger partial charge is 0.390 e. The van der Waals surface area contributed by atoms with Gasteiger partial charge in [0.2, 0.25) is 5.82 Å². The number of hydrogen-bond donors (Lipinski definition) is 1. The average Bonchev–Trinajstić information content (AvgIpc) is 2.96. The molecule has 0 bridgehead atoms. The molecule has 3 rings (SSSR count). The fourth-order valence-electron chi connectivity index (χ4n) is 2.02. The van der Waals surface area contributed by atoms with Crippen LogP contribution in [-0.4, -0.2) is 15.1 Å². The average molecular weight is 286 g/mol. The molecule has 0 aliphatic rings. The van der Waals surface area contributed by atoms with E-state index < -0.39 is 0 Å². The smallest absolute Gasteiger partial charge is 0.261 e. The van der Waals surface area contributed by atoms with E-state index in [1.807, 2.05) is 39.0 Å². The van der Waals surface area contributed by atoms with Crippen molar-refractivity contribution in [1.82, 2.24) is 15.1 Å². The Balaban J connectivity index is 2.06. The van der Waals surface area contributed by atoms with Gasteiger partial charge in [0.15, 0.2) is 0 Å². The van der Waals surface area contributed by atoms with Crippen LogP contribution in [0.15, 0.2) is 22.7 Å². The minimum Gasteiger partial charge on any atom is -0.390 e. The maximum atomic E-state index is 6.02. The fraction of sp³-hybridized carbons (Fsp3) is 0.214. The normalized spacial score (nSPS) is 10.9. The molecule has 3 aromatic heterocycles. The summed E-state index contributed by atoms with van der Waals surface area (Å²) in [7, 11) is 0. The highest BCUT2D eigenvalue weighted by atomic mass is 32.1. The number of nitrogen functional groups attached to an aromatic ring is 1. The number of pyridine rings is 1. The molecule has 0 saturated carbocycles. The molecule has 0 unspecified atom stereocenters. The van der Waals surface area contributed by atoms with Crippen molar-refractivity contribution < 1.29 is 4.52 Å². The molecule has 0 saturated heterocycles. The highest BCUT2D eigenvalue weighted by Gasteiger charge is 2.19. The molecule has 0 amide bonds. The van der Waals surface area contributed by atoms with E-state index >= 15 is 0 Å². The molecule has 5 nitrogen and oxygen atoms in total. The molecule has 0 aliphatic carbocycles. The Bertz CT molecular complexity index is 775. The van der Waals surface area contributed by atoms with E-state index in [1.54, 1.807) is 0 Å². The van der Waals surface area contributed by atoms with E-state index in [2.05, 4.69) is 15.1 Å². The number of thiophene rings is 1. The second-order valence-corrected chi connectivity index (χ2v) is 5.87. The number of nitrogens with zero attached hydrogens (tertiary/aromatic N) is 3. The van der Waals surface area contributed by atoms with Crippen LogP contribution in [0.1, 0.15) is 16.1 Å². The lowest BCUT2D eigenvalue weighted by Gasteiger charge is -1.95. The van der Waals surface area contributed by atoms with Gasteiger partial charge in [-0.15, -0.1) is 11.3 Å². The fourth-order valence-corrected chi connectivity index (χ4v) is 2.94. The summed E-state index contributed by atoms with van der Waals surface area (Å²) in [5, 5.41) is 4.70. The lowest BCUT2D eigenvalue weighted by atomic mass is 10.1. The van der Waals surface area contributed by atoms with Crippen molar-refractivity contribution in [3.8, 4) is 23.0 Å². The Morgan fingerprint density at radius 1 is 1.15 bits per heavy atom. The van der Waals surface area contributed by atoms with E-state index in [1.165, 1.54) is 11.3 Å². The van der Waals surface area contributed by atoms with Crippen molar-refractivity contribution in [1.29, 1.82) is 0 Å². The third-order valence-corrected chi connectivity index (χ3v) is 4.21. The summed E-state index contributed by atoms with van der Waals surface area (Å²) in [5.74, 6) is 0.925. The summed E-state index contributed by atoms with van der Waals surface area (Å²) >= 11 is 1.53. The van der Waals surface area contributed by atoms with Crippen LogP contribution in [0.25, 0.3) is 23.0 Å². The van der Waals surface area contributed by atoms with Crippen LogP contribution >= 0.6 is 11.3 Å². The zero-order valence-corrected chi connectivity index (χ0v) is 12.3. The van der Waals surface area contributed by atoms with Crippen LogP contribution < -0.4 is 5.73 Å². The second kappa shape index (κ2) is 4.72. The van der Waals surface area contributed by atoms with Gasteiger partial charge in [0, 0.05) is 10.6 Å². The predicted octanol–water partition coefficient (Wildman–Crippen LogP) is 3.37. The number of rotatable bonds is 2. The standard InChI is InChI=1S/C14H14N4OS/c1-7-5-4-6-10(16-7)13-17-14(19-18-13)11-8(2)9(3)20-12(11)15/h4-6H,15H2,1-3H3. The molecule has 0 atom stereocenters. The molecule has 3 aromatic rings. The van der Waals surface area contributed by atoms with Gasteiger partial charge in [-0.1, -0.05) is 11.2 Å². The topological polar surface area (TPSA) is 77.8 Å². The Morgan fingerprint density at radius 2 is 1.95 bits per heavy atom. The van der Waals surface area contributed by atoms with Crippen LogP contribution in [0.5, 0.6) is 0 Å². The van der Waals surface area contributed by atoms with Gasteiger partial charge in [0.25, 0.3) is 5.89 Å². The lowest BCUT2D eigenvalue weighted by Crippen LogP contribution is -1.89. The Hall–Kier alpha value is -2.21. The van der Waals surface area contributed by atoms with Gasteiger partial charge in [0.1, 0.15) is 5.69 Å². The molecule has 20 heavy (non-hydrogen) atoms. The monoisotopic (exact) mass is 286 g/mol. The van der Waals surface area contributed by atoms with Crippen molar-refractivity contribution in [3.05, 3.63) is 34.3 Å². The van der Waals surface area contributed by atoms with E-state index in [0.717, 1.165) is 21.7 Å². The van der Waals surface area contributed by atoms with Crippen LogP contribution in [0.3, 0.4) is 0 Å². The van der Waals surface area contributed by atoms with Crippen molar-refractivity contribution in [3.63, 3.8) is 0 Å². The summed E-state index contributed by atoms with van der Waals surface area (Å²) in [4.78, 5) is 9.96. The summed E-state index contributed by atoms with van der Waals surface area (Å²) in [6.45, 7) is 5.96. The molecule has 6 heteroatoms. The second-order valence-electron chi connectivity index (χ2n) is 4.61. The molecule has 2 N–H and O–H groups in total.